The third-order valence-corrected chi connectivity index (χ3v) is 6.77. The van der Waals surface area contributed by atoms with E-state index in [1.165, 1.54) is 12.1 Å². The summed E-state index contributed by atoms with van der Waals surface area (Å²) in [5.41, 5.74) is 3.43. The van der Waals surface area contributed by atoms with Crippen molar-refractivity contribution in [3.63, 3.8) is 0 Å². The van der Waals surface area contributed by atoms with Crippen LogP contribution in [0.2, 0.25) is 0 Å². The molecule has 0 radical (unpaired) electrons. The van der Waals surface area contributed by atoms with E-state index in [0.29, 0.717) is 28.5 Å². The highest BCUT2D eigenvalue weighted by Gasteiger charge is 2.25. The molecule has 0 aromatic heterocycles. The van der Waals surface area contributed by atoms with Crippen LogP contribution >= 0.6 is 24.4 Å². The van der Waals surface area contributed by atoms with E-state index in [0.717, 1.165) is 42.2 Å². The quantitative estimate of drug-likeness (QED) is 0.266. The zero-order valence-electron chi connectivity index (χ0n) is 20.1. The molecule has 35 heavy (non-hydrogen) atoms. The molecular formula is C27H31FN4OS2. The lowest BCUT2D eigenvalue weighted by Gasteiger charge is -2.34. The Balaban J connectivity index is 1.63. The summed E-state index contributed by atoms with van der Waals surface area (Å²) >= 11 is 11.1. The van der Waals surface area contributed by atoms with Gasteiger partial charge in [0.05, 0.1) is 4.99 Å². The SMILES string of the molecule is C=CCNC(=S)N1CCC(C(=S)N/C(=C\C)C(=O)Nc2ccc(F)cc2-c2ccc(C)cc2)CC1. The zero-order valence-corrected chi connectivity index (χ0v) is 21.7. The third kappa shape index (κ3) is 7.19. The molecule has 1 saturated heterocycles. The van der Waals surface area contributed by atoms with Gasteiger partial charge < -0.3 is 20.9 Å². The third-order valence-electron chi connectivity index (χ3n) is 5.93. The number of aryl methyl sites for hydroxylation is 1. The molecule has 1 fully saturated rings. The molecule has 2 aromatic carbocycles. The lowest BCUT2D eigenvalue weighted by atomic mass is 9.96. The summed E-state index contributed by atoms with van der Waals surface area (Å²) in [4.78, 5) is 15.9. The first-order valence-corrected chi connectivity index (χ1v) is 12.4. The van der Waals surface area contributed by atoms with Gasteiger partial charge in [0, 0.05) is 36.8 Å². The largest absolute Gasteiger partial charge is 0.359 e. The summed E-state index contributed by atoms with van der Waals surface area (Å²) < 4.78 is 14.0. The number of benzene rings is 2. The number of carbonyl (C=O) groups excluding carboxylic acids is 1. The number of likely N-dealkylation sites (tertiary alicyclic amines) is 1. The Kier molecular flexibility index (Phi) is 9.51. The maximum Gasteiger partial charge on any atom is 0.271 e. The van der Waals surface area contributed by atoms with E-state index < -0.39 is 0 Å². The summed E-state index contributed by atoms with van der Waals surface area (Å²) in [5.74, 6) is -0.545. The van der Waals surface area contributed by atoms with Gasteiger partial charge in [0.1, 0.15) is 11.5 Å². The average molecular weight is 511 g/mol. The molecule has 1 aliphatic rings. The fraction of sp³-hybridized carbons (Fsp3) is 0.296. The summed E-state index contributed by atoms with van der Waals surface area (Å²) in [7, 11) is 0. The number of rotatable bonds is 7. The molecule has 0 saturated carbocycles. The second-order valence-electron chi connectivity index (χ2n) is 8.44. The van der Waals surface area contributed by atoms with Crippen LogP contribution in [0.1, 0.15) is 25.3 Å². The number of nitrogens with one attached hydrogen (secondary N) is 3. The second-order valence-corrected chi connectivity index (χ2v) is 9.26. The number of hydrogen-bond acceptors (Lipinski definition) is 3. The molecule has 3 rings (SSSR count). The molecule has 0 unspecified atom stereocenters. The van der Waals surface area contributed by atoms with Gasteiger partial charge in [-0.2, -0.15) is 0 Å². The maximum absolute atomic E-state index is 14.0. The number of anilines is 1. The number of halogens is 1. The molecule has 0 aliphatic carbocycles. The number of allylic oxidation sites excluding steroid dienone is 1. The van der Waals surface area contributed by atoms with Gasteiger partial charge >= 0.3 is 0 Å². The minimum atomic E-state index is -0.366. The molecular weight excluding hydrogens is 479 g/mol. The normalized spacial score (nSPS) is 14.3. The minimum Gasteiger partial charge on any atom is -0.359 e. The van der Waals surface area contributed by atoms with E-state index in [1.54, 1.807) is 25.1 Å². The maximum atomic E-state index is 14.0. The van der Waals surface area contributed by atoms with Crippen LogP contribution in [0.5, 0.6) is 0 Å². The molecule has 184 valence electrons. The summed E-state index contributed by atoms with van der Waals surface area (Å²) in [6.07, 6.45) is 5.16. The number of hydrogen-bond donors (Lipinski definition) is 3. The summed E-state index contributed by atoms with van der Waals surface area (Å²) in [6.45, 7) is 9.69. The average Bonchev–Trinajstić information content (AvgIpc) is 2.87. The van der Waals surface area contributed by atoms with E-state index in [2.05, 4.69) is 27.4 Å². The molecule has 1 heterocycles. The standard InChI is InChI=1S/C27H31FN4OS2/c1-4-14-29-27(35)32-15-12-20(13-16-32)26(34)31-23(5-2)25(33)30-24-11-10-21(28)17-22(24)19-8-6-18(3)7-9-19/h4-11,17,20H,1,12-16H2,2-3H3,(H,29,35)(H,30,33)(H,31,34)/b23-5-. The number of nitrogens with zero attached hydrogens (tertiary/aromatic N) is 1. The second kappa shape index (κ2) is 12.6. The van der Waals surface area contributed by atoms with Crippen molar-refractivity contribution >= 4 is 46.1 Å². The highest BCUT2D eigenvalue weighted by molar-refractivity contribution is 7.80. The Labute approximate surface area is 217 Å². The lowest BCUT2D eigenvalue weighted by molar-refractivity contribution is -0.113. The molecule has 1 amide bonds. The van der Waals surface area contributed by atoms with Crippen LogP contribution in [0.25, 0.3) is 11.1 Å². The molecule has 0 bridgehead atoms. The van der Waals surface area contributed by atoms with Gasteiger partial charge in [-0.3, -0.25) is 4.79 Å². The van der Waals surface area contributed by atoms with E-state index in [1.807, 2.05) is 31.2 Å². The van der Waals surface area contributed by atoms with Crippen LogP contribution in [0.3, 0.4) is 0 Å². The van der Waals surface area contributed by atoms with Crippen molar-refractivity contribution in [2.45, 2.75) is 26.7 Å². The number of carbonyl (C=O) groups is 1. The van der Waals surface area contributed by atoms with Crippen LogP contribution in [-0.2, 0) is 4.79 Å². The van der Waals surface area contributed by atoms with Crippen molar-refractivity contribution in [2.75, 3.05) is 25.0 Å². The molecule has 2 aromatic rings. The molecule has 0 atom stereocenters. The number of piperidine rings is 1. The Morgan fingerprint density at radius 2 is 1.86 bits per heavy atom. The molecule has 3 N–H and O–H groups in total. The van der Waals surface area contributed by atoms with Crippen LogP contribution in [0, 0.1) is 18.7 Å². The number of amides is 1. The van der Waals surface area contributed by atoms with Gasteiger partial charge in [0.25, 0.3) is 5.91 Å². The Morgan fingerprint density at radius 1 is 1.17 bits per heavy atom. The monoisotopic (exact) mass is 510 g/mol. The first-order valence-electron chi connectivity index (χ1n) is 11.6. The fourth-order valence-corrected chi connectivity index (χ4v) is 4.51. The van der Waals surface area contributed by atoms with Gasteiger partial charge in [-0.15, -0.1) is 6.58 Å². The van der Waals surface area contributed by atoms with E-state index in [4.69, 9.17) is 24.4 Å². The van der Waals surface area contributed by atoms with Crippen molar-refractivity contribution in [1.29, 1.82) is 0 Å². The lowest BCUT2D eigenvalue weighted by Crippen LogP contribution is -2.46. The van der Waals surface area contributed by atoms with Crippen molar-refractivity contribution < 1.29 is 9.18 Å². The zero-order chi connectivity index (χ0) is 25.4. The molecule has 5 nitrogen and oxygen atoms in total. The van der Waals surface area contributed by atoms with E-state index >= 15 is 0 Å². The van der Waals surface area contributed by atoms with Gasteiger partial charge in [-0.05, 0) is 62.7 Å². The van der Waals surface area contributed by atoms with Crippen LogP contribution in [0.15, 0.2) is 66.9 Å². The Bertz CT molecular complexity index is 1120. The highest BCUT2D eigenvalue weighted by Crippen LogP contribution is 2.29. The Hall–Kier alpha value is -3.10. The van der Waals surface area contributed by atoms with Gasteiger partial charge in [-0.1, -0.05) is 54.2 Å². The predicted molar refractivity (Wildman–Crippen MR) is 150 cm³/mol. The van der Waals surface area contributed by atoms with E-state index in [-0.39, 0.29) is 17.6 Å². The summed E-state index contributed by atoms with van der Waals surface area (Å²) in [6, 6.07) is 12.1. The first kappa shape index (κ1) is 26.5. The summed E-state index contributed by atoms with van der Waals surface area (Å²) in [5, 5.41) is 9.93. The van der Waals surface area contributed by atoms with Crippen molar-refractivity contribution in [1.82, 2.24) is 15.5 Å². The van der Waals surface area contributed by atoms with Crippen LogP contribution in [0.4, 0.5) is 10.1 Å². The smallest absolute Gasteiger partial charge is 0.271 e. The van der Waals surface area contributed by atoms with Crippen molar-refractivity contribution in [3.05, 3.63) is 78.3 Å². The number of thiocarbonyl (C=S) groups is 2. The van der Waals surface area contributed by atoms with Crippen molar-refractivity contribution in [2.24, 2.45) is 5.92 Å². The first-order chi connectivity index (χ1) is 16.8. The van der Waals surface area contributed by atoms with Crippen LogP contribution < -0.4 is 16.0 Å². The molecule has 8 heteroatoms. The predicted octanol–water partition coefficient (Wildman–Crippen LogP) is 5.33. The minimum absolute atomic E-state index is 0.153. The molecule has 1 aliphatic heterocycles. The topological polar surface area (TPSA) is 56.4 Å². The Morgan fingerprint density at radius 3 is 2.49 bits per heavy atom. The highest BCUT2D eigenvalue weighted by atomic mass is 32.1. The van der Waals surface area contributed by atoms with Gasteiger partial charge in [0.15, 0.2) is 5.11 Å². The fourth-order valence-electron chi connectivity index (χ4n) is 3.90. The molecule has 0 spiro atoms. The van der Waals surface area contributed by atoms with Crippen molar-refractivity contribution in [3.8, 4) is 11.1 Å². The van der Waals surface area contributed by atoms with E-state index in [9.17, 15) is 9.18 Å². The van der Waals surface area contributed by atoms with Crippen LogP contribution in [-0.4, -0.2) is 40.5 Å². The van der Waals surface area contributed by atoms with Gasteiger partial charge in [0.2, 0.25) is 0 Å². The van der Waals surface area contributed by atoms with Gasteiger partial charge in [-0.25, -0.2) is 4.39 Å².